The first kappa shape index (κ1) is 17.7. The van der Waals surface area contributed by atoms with Crippen molar-refractivity contribution in [1.82, 2.24) is 29.6 Å². The summed E-state index contributed by atoms with van der Waals surface area (Å²) in [5, 5.41) is 17.6. The zero-order valence-corrected chi connectivity index (χ0v) is 15.6. The minimum absolute atomic E-state index is 0.125. The van der Waals surface area contributed by atoms with Crippen molar-refractivity contribution in [2.75, 3.05) is 13.1 Å². The Hall–Kier alpha value is -2.74. The molecule has 8 heteroatoms. The van der Waals surface area contributed by atoms with Crippen LogP contribution in [0.3, 0.4) is 0 Å². The molecule has 0 saturated carbocycles. The van der Waals surface area contributed by atoms with Gasteiger partial charge in [-0.2, -0.15) is 0 Å². The Labute approximate surface area is 157 Å². The van der Waals surface area contributed by atoms with Gasteiger partial charge in [0.25, 0.3) is 0 Å². The average Bonchev–Trinajstić information content (AvgIpc) is 3.22. The van der Waals surface area contributed by atoms with Crippen molar-refractivity contribution in [2.45, 2.75) is 38.7 Å². The highest BCUT2D eigenvalue weighted by atomic mass is 16.3. The molecule has 0 radical (unpaired) electrons. The van der Waals surface area contributed by atoms with Crippen molar-refractivity contribution >= 4 is 16.9 Å². The Morgan fingerprint density at radius 2 is 2.22 bits per heavy atom. The Morgan fingerprint density at radius 3 is 3.00 bits per heavy atom. The molecule has 1 atom stereocenters. The summed E-state index contributed by atoms with van der Waals surface area (Å²) in [6, 6.07) is 5.93. The Balaban J connectivity index is 1.46. The standard InChI is InChI=1S/C19H24N6O2/c1-12-20-15-6-5-13(8-16(15)21-12)9-18(27)25-7-3-4-14(10-25)19-23-22-17(11-26)24(19)2/h5-6,8,14,26H,3-4,7,9-11H2,1-2H3,(H,20,21)/t14-/m0/s1. The van der Waals surface area contributed by atoms with E-state index in [1.165, 1.54) is 0 Å². The molecule has 0 aliphatic carbocycles. The van der Waals surface area contributed by atoms with Crippen molar-refractivity contribution in [1.29, 1.82) is 0 Å². The van der Waals surface area contributed by atoms with Crippen LogP contribution in [0.15, 0.2) is 18.2 Å². The summed E-state index contributed by atoms with van der Waals surface area (Å²) in [5.74, 6) is 2.54. The number of carbonyl (C=O) groups excluding carboxylic acids is 1. The molecule has 2 aromatic heterocycles. The average molecular weight is 368 g/mol. The number of hydrogen-bond acceptors (Lipinski definition) is 5. The van der Waals surface area contributed by atoms with Crippen LogP contribution in [0.4, 0.5) is 0 Å². The number of aromatic nitrogens is 5. The zero-order chi connectivity index (χ0) is 19.0. The van der Waals surface area contributed by atoms with Crippen molar-refractivity contribution in [3.63, 3.8) is 0 Å². The highest BCUT2D eigenvalue weighted by molar-refractivity contribution is 5.82. The Kier molecular flexibility index (Phi) is 4.65. The molecule has 1 amide bonds. The molecule has 1 saturated heterocycles. The van der Waals surface area contributed by atoms with Gasteiger partial charge in [-0.05, 0) is 37.5 Å². The molecule has 8 nitrogen and oxygen atoms in total. The maximum atomic E-state index is 12.8. The van der Waals surface area contributed by atoms with Gasteiger partial charge in [0.2, 0.25) is 5.91 Å². The number of nitrogens with one attached hydrogen (secondary N) is 1. The van der Waals surface area contributed by atoms with E-state index in [0.717, 1.165) is 47.6 Å². The van der Waals surface area contributed by atoms with Gasteiger partial charge in [0, 0.05) is 26.1 Å². The van der Waals surface area contributed by atoms with Gasteiger partial charge in [-0.15, -0.1) is 10.2 Å². The summed E-state index contributed by atoms with van der Waals surface area (Å²) < 4.78 is 1.84. The van der Waals surface area contributed by atoms with Gasteiger partial charge in [-0.3, -0.25) is 4.79 Å². The summed E-state index contributed by atoms with van der Waals surface area (Å²) in [6.45, 7) is 3.20. The van der Waals surface area contributed by atoms with Crippen LogP contribution in [0, 0.1) is 6.92 Å². The van der Waals surface area contributed by atoms with Gasteiger partial charge in [0.1, 0.15) is 18.3 Å². The Morgan fingerprint density at radius 1 is 1.37 bits per heavy atom. The monoisotopic (exact) mass is 368 g/mol. The van der Waals surface area contributed by atoms with E-state index in [2.05, 4.69) is 20.2 Å². The molecule has 1 fully saturated rings. The van der Waals surface area contributed by atoms with Crippen molar-refractivity contribution in [3.05, 3.63) is 41.2 Å². The van der Waals surface area contributed by atoms with Gasteiger partial charge in [0.15, 0.2) is 5.82 Å². The molecule has 0 unspecified atom stereocenters. The first-order chi connectivity index (χ1) is 13.0. The molecular weight excluding hydrogens is 344 g/mol. The van der Waals surface area contributed by atoms with Gasteiger partial charge in [-0.25, -0.2) is 4.98 Å². The fourth-order valence-corrected chi connectivity index (χ4v) is 3.86. The second-order valence-corrected chi connectivity index (χ2v) is 7.22. The zero-order valence-electron chi connectivity index (χ0n) is 15.6. The summed E-state index contributed by atoms with van der Waals surface area (Å²) in [4.78, 5) is 22.4. The maximum Gasteiger partial charge on any atom is 0.227 e. The fraction of sp³-hybridized carbons (Fsp3) is 0.474. The first-order valence-electron chi connectivity index (χ1n) is 9.27. The maximum absolute atomic E-state index is 12.8. The number of aliphatic hydroxyl groups is 1. The first-order valence-corrected chi connectivity index (χ1v) is 9.27. The van der Waals surface area contributed by atoms with E-state index in [1.807, 2.05) is 41.6 Å². The van der Waals surface area contributed by atoms with Crippen LogP contribution < -0.4 is 0 Å². The van der Waals surface area contributed by atoms with Crippen LogP contribution >= 0.6 is 0 Å². The molecule has 0 spiro atoms. The predicted molar refractivity (Wildman–Crippen MR) is 100 cm³/mol. The SMILES string of the molecule is Cc1nc2ccc(CC(=O)N3CCC[C@H](c4nnc(CO)n4C)C3)cc2[nH]1. The molecule has 1 aliphatic rings. The van der Waals surface area contributed by atoms with Crippen LogP contribution in [0.25, 0.3) is 11.0 Å². The molecule has 27 heavy (non-hydrogen) atoms. The number of likely N-dealkylation sites (tertiary alicyclic amines) is 1. The number of rotatable bonds is 4. The quantitative estimate of drug-likeness (QED) is 0.726. The number of aliphatic hydroxyl groups excluding tert-OH is 1. The lowest BCUT2D eigenvalue weighted by Crippen LogP contribution is -2.40. The molecule has 1 aliphatic heterocycles. The molecule has 4 rings (SSSR count). The molecule has 142 valence electrons. The molecule has 3 aromatic rings. The topological polar surface area (TPSA) is 99.9 Å². The molecular formula is C19H24N6O2. The van der Waals surface area contributed by atoms with Gasteiger partial charge < -0.3 is 19.6 Å². The number of aromatic amines is 1. The normalized spacial score (nSPS) is 17.6. The number of piperidine rings is 1. The van der Waals surface area contributed by atoms with Crippen LogP contribution in [-0.4, -0.2) is 53.7 Å². The van der Waals surface area contributed by atoms with Crippen LogP contribution in [-0.2, 0) is 24.9 Å². The van der Waals surface area contributed by atoms with Crippen LogP contribution in [0.1, 0.15) is 41.8 Å². The minimum atomic E-state index is -0.131. The number of fused-ring (bicyclic) bond motifs is 1. The lowest BCUT2D eigenvalue weighted by atomic mass is 9.96. The van der Waals surface area contributed by atoms with Gasteiger partial charge in [0.05, 0.1) is 17.5 Å². The molecule has 0 bridgehead atoms. The van der Waals surface area contributed by atoms with E-state index in [4.69, 9.17) is 0 Å². The highest BCUT2D eigenvalue weighted by Crippen LogP contribution is 2.26. The van der Waals surface area contributed by atoms with E-state index >= 15 is 0 Å². The third kappa shape index (κ3) is 3.44. The predicted octanol–water partition coefficient (Wildman–Crippen LogP) is 1.44. The van der Waals surface area contributed by atoms with E-state index in [1.54, 1.807) is 0 Å². The minimum Gasteiger partial charge on any atom is -0.388 e. The van der Waals surface area contributed by atoms with E-state index in [-0.39, 0.29) is 18.4 Å². The molecule has 3 heterocycles. The number of hydrogen-bond donors (Lipinski definition) is 2. The number of aryl methyl sites for hydroxylation is 1. The lowest BCUT2D eigenvalue weighted by molar-refractivity contribution is -0.131. The second-order valence-electron chi connectivity index (χ2n) is 7.22. The third-order valence-corrected chi connectivity index (χ3v) is 5.30. The third-order valence-electron chi connectivity index (χ3n) is 5.30. The number of carbonyl (C=O) groups is 1. The van der Waals surface area contributed by atoms with Crippen molar-refractivity contribution in [2.24, 2.45) is 7.05 Å². The number of amides is 1. The summed E-state index contributed by atoms with van der Waals surface area (Å²) in [6.07, 6.45) is 2.29. The van der Waals surface area contributed by atoms with Crippen LogP contribution in [0.2, 0.25) is 0 Å². The lowest BCUT2D eigenvalue weighted by Gasteiger charge is -2.32. The molecule has 1 aromatic carbocycles. The fourth-order valence-electron chi connectivity index (χ4n) is 3.86. The Bertz CT molecular complexity index is 976. The number of imidazole rings is 1. The van der Waals surface area contributed by atoms with Gasteiger partial charge >= 0.3 is 0 Å². The van der Waals surface area contributed by atoms with E-state index in [0.29, 0.717) is 18.8 Å². The summed E-state index contributed by atoms with van der Waals surface area (Å²) >= 11 is 0. The van der Waals surface area contributed by atoms with Crippen LogP contribution in [0.5, 0.6) is 0 Å². The summed E-state index contributed by atoms with van der Waals surface area (Å²) in [7, 11) is 1.86. The van der Waals surface area contributed by atoms with E-state index < -0.39 is 0 Å². The number of nitrogens with zero attached hydrogens (tertiary/aromatic N) is 5. The van der Waals surface area contributed by atoms with Gasteiger partial charge in [-0.1, -0.05) is 6.07 Å². The van der Waals surface area contributed by atoms with E-state index in [9.17, 15) is 9.90 Å². The number of benzene rings is 1. The second kappa shape index (κ2) is 7.11. The van der Waals surface area contributed by atoms with Crippen molar-refractivity contribution < 1.29 is 9.90 Å². The summed E-state index contributed by atoms with van der Waals surface area (Å²) in [5.41, 5.74) is 2.87. The largest absolute Gasteiger partial charge is 0.388 e. The molecule has 2 N–H and O–H groups in total. The smallest absolute Gasteiger partial charge is 0.227 e. The highest BCUT2D eigenvalue weighted by Gasteiger charge is 2.28. The van der Waals surface area contributed by atoms with Crippen molar-refractivity contribution in [3.8, 4) is 0 Å². The number of H-pyrrole nitrogens is 1.